The van der Waals surface area contributed by atoms with Gasteiger partial charge in [0.25, 0.3) is 0 Å². The summed E-state index contributed by atoms with van der Waals surface area (Å²) in [4.78, 5) is 0. The van der Waals surface area contributed by atoms with Gasteiger partial charge in [0.1, 0.15) is 11.5 Å². The number of hydrogen-bond donors (Lipinski definition) is 2. The van der Waals surface area contributed by atoms with Crippen LogP contribution in [0.2, 0.25) is 0 Å². The second-order valence-corrected chi connectivity index (χ2v) is 4.63. The fraction of sp³-hybridized carbons (Fsp3) is 0.294. The lowest BCUT2D eigenvalue weighted by molar-refractivity contribution is 0.335. The molecule has 0 amide bonds. The number of ether oxygens (including phenoxy) is 1. The van der Waals surface area contributed by atoms with Gasteiger partial charge in [-0.05, 0) is 43.7 Å². The van der Waals surface area contributed by atoms with Gasteiger partial charge in [0.2, 0.25) is 0 Å². The van der Waals surface area contributed by atoms with Crippen LogP contribution >= 0.6 is 0 Å². The van der Waals surface area contributed by atoms with Crippen LogP contribution in [0.3, 0.4) is 0 Å². The van der Waals surface area contributed by atoms with Crippen LogP contribution in [0.5, 0.6) is 11.5 Å². The third-order valence-corrected chi connectivity index (χ3v) is 3.11. The maximum Gasteiger partial charge on any atom is 0.123 e. The van der Waals surface area contributed by atoms with Crippen LogP contribution in [0.4, 0.5) is 0 Å². The number of benzene rings is 2. The molecule has 0 radical (unpaired) electrons. The van der Waals surface area contributed by atoms with Crippen molar-refractivity contribution in [3.8, 4) is 11.5 Å². The molecule has 0 saturated carbocycles. The summed E-state index contributed by atoms with van der Waals surface area (Å²) in [5, 5.41) is 12.6. The molecule has 20 heavy (non-hydrogen) atoms. The average molecular weight is 271 g/mol. The lowest BCUT2D eigenvalue weighted by Crippen LogP contribution is -2.17. The van der Waals surface area contributed by atoms with Gasteiger partial charge in [0.15, 0.2) is 0 Å². The summed E-state index contributed by atoms with van der Waals surface area (Å²) in [6.07, 6.45) is 0.942. The van der Waals surface area contributed by atoms with Crippen LogP contribution in [0.1, 0.15) is 18.1 Å². The highest BCUT2D eigenvalue weighted by Gasteiger charge is 2.01. The molecular weight excluding hydrogens is 250 g/mol. The number of hydrogen-bond acceptors (Lipinski definition) is 3. The Kier molecular flexibility index (Phi) is 5.44. The van der Waals surface area contributed by atoms with E-state index >= 15 is 0 Å². The fourth-order valence-electron chi connectivity index (χ4n) is 2.06. The predicted molar refractivity (Wildman–Crippen MR) is 81.1 cm³/mol. The molecular formula is C17H21NO2. The third kappa shape index (κ3) is 4.28. The van der Waals surface area contributed by atoms with Crippen molar-refractivity contribution in [2.45, 2.75) is 19.9 Å². The van der Waals surface area contributed by atoms with E-state index < -0.39 is 0 Å². The molecule has 0 fully saturated rings. The molecule has 0 aliphatic heterocycles. The summed E-state index contributed by atoms with van der Waals surface area (Å²) < 4.78 is 5.60. The molecule has 0 bridgehead atoms. The summed E-state index contributed by atoms with van der Waals surface area (Å²) in [5.41, 5.74) is 2.40. The van der Waals surface area contributed by atoms with Crippen LogP contribution in [0.15, 0.2) is 48.5 Å². The minimum atomic E-state index is 0.312. The van der Waals surface area contributed by atoms with Crippen molar-refractivity contribution in [3.05, 3.63) is 59.7 Å². The highest BCUT2D eigenvalue weighted by Crippen LogP contribution is 2.17. The Morgan fingerprint density at radius 1 is 1.05 bits per heavy atom. The Labute approximate surface area is 120 Å². The summed E-state index contributed by atoms with van der Waals surface area (Å²) in [6, 6.07) is 15.4. The van der Waals surface area contributed by atoms with Crippen LogP contribution in [-0.2, 0) is 13.0 Å². The first kappa shape index (κ1) is 14.4. The zero-order chi connectivity index (χ0) is 14.2. The molecule has 2 aromatic carbocycles. The predicted octanol–water partition coefficient (Wildman–Crippen LogP) is 3.12. The van der Waals surface area contributed by atoms with Gasteiger partial charge < -0.3 is 15.2 Å². The first-order chi connectivity index (χ1) is 9.79. The Morgan fingerprint density at radius 3 is 2.55 bits per heavy atom. The number of rotatable bonds is 7. The monoisotopic (exact) mass is 271 g/mol. The molecule has 0 saturated heterocycles. The van der Waals surface area contributed by atoms with E-state index in [0.717, 1.165) is 25.3 Å². The van der Waals surface area contributed by atoms with Crippen molar-refractivity contribution in [2.75, 3.05) is 13.2 Å². The Balaban J connectivity index is 1.79. The molecule has 0 spiro atoms. The van der Waals surface area contributed by atoms with Gasteiger partial charge in [-0.2, -0.15) is 0 Å². The number of phenols is 1. The van der Waals surface area contributed by atoms with Crippen molar-refractivity contribution >= 4 is 0 Å². The largest absolute Gasteiger partial charge is 0.508 e. The van der Waals surface area contributed by atoms with Crippen molar-refractivity contribution in [2.24, 2.45) is 0 Å². The van der Waals surface area contributed by atoms with Crippen LogP contribution in [0.25, 0.3) is 0 Å². The maximum atomic E-state index is 9.23. The van der Waals surface area contributed by atoms with E-state index in [1.54, 1.807) is 12.1 Å². The van der Waals surface area contributed by atoms with Gasteiger partial charge in [-0.3, -0.25) is 0 Å². The minimum absolute atomic E-state index is 0.312. The van der Waals surface area contributed by atoms with Gasteiger partial charge in [0, 0.05) is 12.1 Å². The van der Waals surface area contributed by atoms with E-state index in [1.807, 2.05) is 37.3 Å². The van der Waals surface area contributed by atoms with E-state index in [1.165, 1.54) is 11.1 Å². The molecule has 0 heterocycles. The van der Waals surface area contributed by atoms with Crippen molar-refractivity contribution < 1.29 is 9.84 Å². The third-order valence-electron chi connectivity index (χ3n) is 3.11. The summed E-state index contributed by atoms with van der Waals surface area (Å²) in [5.74, 6) is 1.26. The van der Waals surface area contributed by atoms with Gasteiger partial charge >= 0.3 is 0 Å². The molecule has 2 rings (SSSR count). The molecule has 2 aromatic rings. The van der Waals surface area contributed by atoms with Crippen molar-refractivity contribution in [3.63, 3.8) is 0 Å². The molecule has 0 aromatic heterocycles. The first-order valence-corrected chi connectivity index (χ1v) is 6.99. The normalized spacial score (nSPS) is 10.4. The topological polar surface area (TPSA) is 41.5 Å². The molecule has 0 aliphatic carbocycles. The van der Waals surface area contributed by atoms with Crippen molar-refractivity contribution in [1.29, 1.82) is 0 Å². The zero-order valence-electron chi connectivity index (χ0n) is 11.8. The number of phenolic OH excluding ortho intramolecular Hbond substituents is 1. The molecule has 106 valence electrons. The SMILES string of the molecule is CCOc1ccccc1CNCCc1ccc(O)cc1. The average Bonchev–Trinajstić information content (AvgIpc) is 2.47. The van der Waals surface area contributed by atoms with E-state index in [9.17, 15) is 5.11 Å². The molecule has 0 aliphatic rings. The van der Waals surface area contributed by atoms with Crippen LogP contribution < -0.4 is 10.1 Å². The number of aromatic hydroxyl groups is 1. The van der Waals surface area contributed by atoms with Crippen molar-refractivity contribution in [1.82, 2.24) is 5.32 Å². The second kappa shape index (κ2) is 7.56. The molecule has 3 nitrogen and oxygen atoms in total. The highest BCUT2D eigenvalue weighted by atomic mass is 16.5. The molecule has 0 unspecified atom stereocenters. The van der Waals surface area contributed by atoms with E-state index in [0.29, 0.717) is 12.4 Å². The van der Waals surface area contributed by atoms with Gasteiger partial charge in [-0.1, -0.05) is 30.3 Å². The quantitative estimate of drug-likeness (QED) is 0.760. The van der Waals surface area contributed by atoms with E-state index in [4.69, 9.17) is 4.74 Å². The Hall–Kier alpha value is -2.00. The summed E-state index contributed by atoms with van der Waals surface area (Å²) >= 11 is 0. The lowest BCUT2D eigenvalue weighted by Gasteiger charge is -2.11. The smallest absolute Gasteiger partial charge is 0.123 e. The standard InChI is InChI=1S/C17H21NO2/c1-2-20-17-6-4-3-5-15(17)13-18-12-11-14-7-9-16(19)10-8-14/h3-10,18-19H,2,11-13H2,1H3. The van der Waals surface area contributed by atoms with Crippen LogP contribution in [-0.4, -0.2) is 18.3 Å². The lowest BCUT2D eigenvalue weighted by atomic mass is 10.1. The highest BCUT2D eigenvalue weighted by molar-refractivity contribution is 5.33. The van der Waals surface area contributed by atoms with Gasteiger partial charge in [-0.25, -0.2) is 0 Å². The maximum absolute atomic E-state index is 9.23. The fourth-order valence-corrected chi connectivity index (χ4v) is 2.06. The van der Waals surface area contributed by atoms with Crippen LogP contribution in [0, 0.1) is 0 Å². The van der Waals surface area contributed by atoms with Gasteiger partial charge in [-0.15, -0.1) is 0 Å². The van der Waals surface area contributed by atoms with Gasteiger partial charge in [0.05, 0.1) is 6.61 Å². The Morgan fingerprint density at radius 2 is 1.80 bits per heavy atom. The second-order valence-electron chi connectivity index (χ2n) is 4.63. The minimum Gasteiger partial charge on any atom is -0.508 e. The summed E-state index contributed by atoms with van der Waals surface area (Å²) in [7, 11) is 0. The molecule has 2 N–H and O–H groups in total. The number of para-hydroxylation sites is 1. The Bertz CT molecular complexity index is 523. The summed E-state index contributed by atoms with van der Waals surface area (Å²) in [6.45, 7) is 4.37. The first-order valence-electron chi connectivity index (χ1n) is 6.99. The zero-order valence-corrected chi connectivity index (χ0v) is 11.8. The molecule has 0 atom stereocenters. The van der Waals surface area contributed by atoms with E-state index in [-0.39, 0.29) is 0 Å². The van der Waals surface area contributed by atoms with E-state index in [2.05, 4.69) is 11.4 Å². The molecule has 3 heteroatoms. The number of nitrogens with one attached hydrogen (secondary N) is 1.